The lowest BCUT2D eigenvalue weighted by molar-refractivity contribution is -0.144. The second-order valence-electron chi connectivity index (χ2n) is 5.65. The molecule has 124 valence electrons. The monoisotopic (exact) mass is 326 g/mol. The van der Waals surface area contributed by atoms with Gasteiger partial charge in [-0.3, -0.25) is 4.79 Å². The van der Waals surface area contributed by atoms with Crippen LogP contribution in [-0.2, 0) is 22.6 Å². The van der Waals surface area contributed by atoms with Crippen LogP contribution in [0, 0.1) is 20.8 Å². The van der Waals surface area contributed by atoms with E-state index in [-0.39, 0.29) is 24.9 Å². The van der Waals surface area contributed by atoms with Crippen LogP contribution < -0.4 is 0 Å². The summed E-state index contributed by atoms with van der Waals surface area (Å²) in [5.74, 6) is 1.74. The van der Waals surface area contributed by atoms with Gasteiger partial charge in [-0.25, -0.2) is 0 Å². The smallest absolute Gasteiger partial charge is 0.310 e. The predicted octanol–water partition coefficient (Wildman–Crippen LogP) is 3.54. The Morgan fingerprint density at radius 2 is 1.83 bits per heavy atom. The highest BCUT2D eigenvalue weighted by Crippen LogP contribution is 2.25. The normalized spacial score (nSPS) is 10.8. The lowest BCUT2D eigenvalue weighted by Crippen LogP contribution is -2.08. The van der Waals surface area contributed by atoms with Gasteiger partial charge in [0.05, 0.1) is 12.0 Å². The quantitative estimate of drug-likeness (QED) is 0.667. The summed E-state index contributed by atoms with van der Waals surface area (Å²) in [6.45, 7) is 5.63. The molecule has 2 aromatic heterocycles. The van der Waals surface area contributed by atoms with E-state index in [9.17, 15) is 4.79 Å². The van der Waals surface area contributed by atoms with Gasteiger partial charge < -0.3 is 13.6 Å². The first-order valence-electron chi connectivity index (χ1n) is 7.62. The van der Waals surface area contributed by atoms with Gasteiger partial charge in [-0.05, 0) is 32.4 Å². The molecular formula is C18H18N2O4. The number of benzene rings is 1. The average molecular weight is 326 g/mol. The van der Waals surface area contributed by atoms with Gasteiger partial charge in [0.1, 0.15) is 11.5 Å². The summed E-state index contributed by atoms with van der Waals surface area (Å²) < 4.78 is 16.1. The molecule has 0 aliphatic carbocycles. The second kappa shape index (κ2) is 6.70. The third kappa shape index (κ3) is 3.71. The number of carbonyl (C=O) groups excluding carboxylic acids is 1. The number of furan rings is 1. The number of carbonyl (C=O) groups is 1. The fourth-order valence-electron chi connectivity index (χ4n) is 2.33. The maximum Gasteiger partial charge on any atom is 0.310 e. The van der Waals surface area contributed by atoms with E-state index in [0.717, 1.165) is 22.5 Å². The molecule has 0 saturated carbocycles. The summed E-state index contributed by atoms with van der Waals surface area (Å²) in [4.78, 5) is 11.9. The number of esters is 1. The molecule has 0 radical (unpaired) electrons. The van der Waals surface area contributed by atoms with E-state index in [1.807, 2.05) is 51.1 Å². The number of ether oxygens (including phenoxy) is 1. The Morgan fingerprint density at radius 3 is 2.50 bits per heavy atom. The van der Waals surface area contributed by atoms with Crippen LogP contribution in [0.25, 0.3) is 11.5 Å². The standard InChI is InChI=1S/C18H18N2O4/c1-11-4-6-14(7-5-11)9-17(21)22-10-16-19-20-18(24-16)15-8-12(2)23-13(15)3/h4-8H,9-10H2,1-3H3. The van der Waals surface area contributed by atoms with Crippen LogP contribution in [0.15, 0.2) is 39.2 Å². The molecule has 0 aliphatic rings. The van der Waals surface area contributed by atoms with Gasteiger partial charge in [0, 0.05) is 0 Å². The topological polar surface area (TPSA) is 78.4 Å². The molecule has 2 heterocycles. The molecule has 0 N–H and O–H groups in total. The average Bonchev–Trinajstić information content (AvgIpc) is 3.13. The summed E-state index contributed by atoms with van der Waals surface area (Å²) in [5.41, 5.74) is 2.80. The summed E-state index contributed by atoms with van der Waals surface area (Å²) in [7, 11) is 0. The van der Waals surface area contributed by atoms with Gasteiger partial charge in [-0.1, -0.05) is 29.8 Å². The van der Waals surface area contributed by atoms with Crippen molar-refractivity contribution in [3.63, 3.8) is 0 Å². The summed E-state index contributed by atoms with van der Waals surface area (Å²) >= 11 is 0. The van der Waals surface area contributed by atoms with Crippen molar-refractivity contribution < 1.29 is 18.4 Å². The van der Waals surface area contributed by atoms with Gasteiger partial charge in [-0.15, -0.1) is 10.2 Å². The molecule has 6 nitrogen and oxygen atoms in total. The second-order valence-corrected chi connectivity index (χ2v) is 5.65. The predicted molar refractivity (Wildman–Crippen MR) is 86.2 cm³/mol. The Labute approximate surface area is 139 Å². The first-order valence-corrected chi connectivity index (χ1v) is 7.62. The van der Waals surface area contributed by atoms with Crippen molar-refractivity contribution in [1.29, 1.82) is 0 Å². The number of hydrogen-bond acceptors (Lipinski definition) is 6. The van der Waals surface area contributed by atoms with Crippen LogP contribution in [0.2, 0.25) is 0 Å². The zero-order valence-electron chi connectivity index (χ0n) is 13.8. The number of nitrogens with zero attached hydrogens (tertiary/aromatic N) is 2. The molecule has 0 aliphatic heterocycles. The Hall–Kier alpha value is -2.89. The van der Waals surface area contributed by atoms with Gasteiger partial charge in [-0.2, -0.15) is 0 Å². The first-order chi connectivity index (χ1) is 11.5. The molecule has 0 atom stereocenters. The van der Waals surface area contributed by atoms with Crippen molar-refractivity contribution in [2.75, 3.05) is 0 Å². The number of hydrogen-bond donors (Lipinski definition) is 0. The fraction of sp³-hybridized carbons (Fsp3) is 0.278. The Bertz CT molecular complexity index is 846. The van der Waals surface area contributed by atoms with Gasteiger partial charge in [0.15, 0.2) is 6.61 Å². The highest BCUT2D eigenvalue weighted by molar-refractivity contribution is 5.72. The molecule has 0 fully saturated rings. The van der Waals surface area contributed by atoms with Crippen molar-refractivity contribution >= 4 is 5.97 Å². The SMILES string of the molecule is Cc1ccc(CC(=O)OCc2nnc(-c3cc(C)oc3C)o2)cc1. The van der Waals surface area contributed by atoms with Crippen LogP contribution in [0.4, 0.5) is 0 Å². The lowest BCUT2D eigenvalue weighted by Gasteiger charge is -2.02. The minimum Gasteiger partial charge on any atom is -0.466 e. The van der Waals surface area contributed by atoms with Crippen LogP contribution in [0.1, 0.15) is 28.5 Å². The lowest BCUT2D eigenvalue weighted by atomic mass is 10.1. The number of aromatic nitrogens is 2. The van der Waals surface area contributed by atoms with E-state index in [1.165, 1.54) is 0 Å². The molecule has 3 aromatic rings. The molecule has 0 unspecified atom stereocenters. The van der Waals surface area contributed by atoms with Gasteiger partial charge >= 0.3 is 5.97 Å². The number of aryl methyl sites for hydroxylation is 3. The first kappa shape index (κ1) is 16.0. The van der Waals surface area contributed by atoms with Crippen molar-refractivity contribution in [1.82, 2.24) is 10.2 Å². The molecular weight excluding hydrogens is 308 g/mol. The molecule has 0 amide bonds. The van der Waals surface area contributed by atoms with E-state index in [2.05, 4.69) is 10.2 Å². The molecule has 24 heavy (non-hydrogen) atoms. The van der Waals surface area contributed by atoms with Crippen molar-refractivity contribution in [3.8, 4) is 11.5 Å². The Kier molecular flexibility index (Phi) is 4.46. The van der Waals surface area contributed by atoms with Crippen molar-refractivity contribution in [2.45, 2.75) is 33.8 Å². The Morgan fingerprint density at radius 1 is 1.08 bits per heavy atom. The van der Waals surface area contributed by atoms with Gasteiger partial charge in [0.2, 0.25) is 0 Å². The molecule has 0 bridgehead atoms. The zero-order valence-corrected chi connectivity index (χ0v) is 13.8. The van der Waals surface area contributed by atoms with Crippen molar-refractivity contribution in [2.24, 2.45) is 0 Å². The van der Waals surface area contributed by atoms with E-state index in [0.29, 0.717) is 11.7 Å². The summed E-state index contributed by atoms with van der Waals surface area (Å²) in [6, 6.07) is 9.57. The minimum absolute atomic E-state index is 0.0480. The summed E-state index contributed by atoms with van der Waals surface area (Å²) in [5, 5.41) is 7.86. The van der Waals surface area contributed by atoms with Crippen LogP contribution in [0.5, 0.6) is 0 Å². The highest BCUT2D eigenvalue weighted by atomic mass is 16.5. The zero-order chi connectivity index (χ0) is 17.1. The van der Waals surface area contributed by atoms with E-state index < -0.39 is 0 Å². The van der Waals surface area contributed by atoms with Crippen LogP contribution in [0.3, 0.4) is 0 Å². The van der Waals surface area contributed by atoms with Gasteiger partial charge in [0.25, 0.3) is 11.8 Å². The largest absolute Gasteiger partial charge is 0.466 e. The maximum absolute atomic E-state index is 11.9. The minimum atomic E-state index is -0.339. The molecule has 1 aromatic carbocycles. The summed E-state index contributed by atoms with van der Waals surface area (Å²) in [6.07, 6.45) is 0.210. The molecule has 0 saturated heterocycles. The molecule has 0 spiro atoms. The third-order valence-electron chi connectivity index (χ3n) is 3.56. The van der Waals surface area contributed by atoms with E-state index in [1.54, 1.807) is 0 Å². The van der Waals surface area contributed by atoms with Crippen molar-refractivity contribution in [3.05, 3.63) is 58.9 Å². The molecule has 6 heteroatoms. The maximum atomic E-state index is 11.9. The van der Waals surface area contributed by atoms with Crippen LogP contribution >= 0.6 is 0 Å². The van der Waals surface area contributed by atoms with E-state index in [4.69, 9.17) is 13.6 Å². The number of rotatable bonds is 5. The molecule has 3 rings (SSSR count). The van der Waals surface area contributed by atoms with E-state index >= 15 is 0 Å². The third-order valence-corrected chi connectivity index (χ3v) is 3.56. The van der Waals surface area contributed by atoms with Crippen LogP contribution in [-0.4, -0.2) is 16.2 Å². The fourth-order valence-corrected chi connectivity index (χ4v) is 2.33. The highest BCUT2D eigenvalue weighted by Gasteiger charge is 2.15. The Balaban J connectivity index is 1.58.